The molecule has 0 saturated heterocycles. The number of aromatic nitrogens is 3. The van der Waals surface area contributed by atoms with Gasteiger partial charge in [-0.25, -0.2) is 0 Å². The SMILES string of the molecule is SCCCl.c1ccn2cnnc2c1. The number of hydrogen-bond donors (Lipinski definition) is 1. The summed E-state index contributed by atoms with van der Waals surface area (Å²) in [6.07, 6.45) is 3.59. The normalized spacial score (nSPS) is 9.38. The highest BCUT2D eigenvalue weighted by atomic mass is 35.5. The van der Waals surface area contributed by atoms with Gasteiger partial charge in [-0.05, 0) is 12.1 Å². The molecule has 0 aliphatic heterocycles. The van der Waals surface area contributed by atoms with E-state index in [0.29, 0.717) is 5.88 Å². The average molecular weight is 216 g/mol. The molecule has 13 heavy (non-hydrogen) atoms. The van der Waals surface area contributed by atoms with E-state index in [4.69, 9.17) is 11.6 Å². The molecule has 0 aliphatic rings. The molecular formula is C8H10ClN3S. The minimum Gasteiger partial charge on any atom is -0.289 e. The minimum absolute atomic E-state index is 0.656. The summed E-state index contributed by atoms with van der Waals surface area (Å²) in [6, 6.07) is 5.79. The summed E-state index contributed by atoms with van der Waals surface area (Å²) in [5.74, 6) is 1.44. The second-order valence-corrected chi connectivity index (χ2v) is 3.03. The summed E-state index contributed by atoms with van der Waals surface area (Å²) in [4.78, 5) is 0. The van der Waals surface area contributed by atoms with E-state index < -0.39 is 0 Å². The largest absolute Gasteiger partial charge is 0.289 e. The lowest BCUT2D eigenvalue weighted by Gasteiger charge is -1.84. The van der Waals surface area contributed by atoms with E-state index in [1.165, 1.54) is 0 Å². The van der Waals surface area contributed by atoms with E-state index in [-0.39, 0.29) is 0 Å². The molecule has 2 heterocycles. The van der Waals surface area contributed by atoms with E-state index in [1.807, 2.05) is 28.8 Å². The van der Waals surface area contributed by atoms with Crippen LogP contribution in [0.25, 0.3) is 5.65 Å². The van der Waals surface area contributed by atoms with Gasteiger partial charge in [0, 0.05) is 17.8 Å². The van der Waals surface area contributed by atoms with Crippen molar-refractivity contribution in [2.45, 2.75) is 0 Å². The molecule has 5 heteroatoms. The Morgan fingerprint density at radius 3 is 2.85 bits per heavy atom. The van der Waals surface area contributed by atoms with Gasteiger partial charge in [0.25, 0.3) is 0 Å². The van der Waals surface area contributed by atoms with Gasteiger partial charge in [0.05, 0.1) is 0 Å². The van der Waals surface area contributed by atoms with Crippen LogP contribution in [0.1, 0.15) is 0 Å². The van der Waals surface area contributed by atoms with Gasteiger partial charge >= 0.3 is 0 Å². The second kappa shape index (κ2) is 5.83. The highest BCUT2D eigenvalue weighted by molar-refractivity contribution is 7.80. The Balaban J connectivity index is 0.000000184. The summed E-state index contributed by atoms with van der Waals surface area (Å²) in [5.41, 5.74) is 0.887. The zero-order chi connectivity index (χ0) is 9.52. The van der Waals surface area contributed by atoms with Gasteiger partial charge in [-0.2, -0.15) is 12.6 Å². The number of halogens is 1. The Morgan fingerprint density at radius 1 is 1.46 bits per heavy atom. The number of thiol groups is 1. The fourth-order valence-electron chi connectivity index (χ4n) is 0.770. The molecule has 0 bridgehead atoms. The van der Waals surface area contributed by atoms with Crippen molar-refractivity contribution in [1.29, 1.82) is 0 Å². The van der Waals surface area contributed by atoms with Crippen molar-refractivity contribution in [3.05, 3.63) is 30.7 Å². The maximum Gasteiger partial charge on any atom is 0.160 e. The molecular weight excluding hydrogens is 206 g/mol. The summed E-state index contributed by atoms with van der Waals surface area (Å²) >= 11 is 8.90. The van der Waals surface area contributed by atoms with Gasteiger partial charge in [0.2, 0.25) is 0 Å². The Hall–Kier alpha value is -0.740. The Labute approximate surface area is 87.2 Å². The van der Waals surface area contributed by atoms with Crippen molar-refractivity contribution in [3.8, 4) is 0 Å². The van der Waals surface area contributed by atoms with Crippen LogP contribution in [-0.2, 0) is 0 Å². The molecule has 0 unspecified atom stereocenters. The van der Waals surface area contributed by atoms with Crippen molar-refractivity contribution in [3.63, 3.8) is 0 Å². The third kappa shape index (κ3) is 3.24. The Morgan fingerprint density at radius 2 is 2.23 bits per heavy atom. The molecule has 0 aromatic carbocycles. The predicted octanol–water partition coefficient (Wildman–Crippen LogP) is 1.88. The number of fused-ring (bicyclic) bond motifs is 1. The molecule has 2 aromatic heterocycles. The number of alkyl halides is 1. The van der Waals surface area contributed by atoms with E-state index >= 15 is 0 Å². The van der Waals surface area contributed by atoms with Crippen LogP contribution in [0.3, 0.4) is 0 Å². The molecule has 0 N–H and O–H groups in total. The Bertz CT molecular complexity index is 317. The third-order valence-corrected chi connectivity index (χ3v) is 1.96. The van der Waals surface area contributed by atoms with Crippen molar-refractivity contribution in [2.24, 2.45) is 0 Å². The number of rotatable bonds is 1. The van der Waals surface area contributed by atoms with Crippen molar-refractivity contribution in [1.82, 2.24) is 14.6 Å². The molecule has 0 spiro atoms. The van der Waals surface area contributed by atoms with Crippen LogP contribution in [0.5, 0.6) is 0 Å². The first kappa shape index (κ1) is 10.3. The van der Waals surface area contributed by atoms with E-state index in [1.54, 1.807) is 6.33 Å². The highest BCUT2D eigenvalue weighted by Crippen LogP contribution is 1.94. The van der Waals surface area contributed by atoms with Crippen LogP contribution in [0.2, 0.25) is 0 Å². The average Bonchev–Trinajstić information content (AvgIpc) is 2.66. The molecule has 0 saturated carbocycles. The van der Waals surface area contributed by atoms with Crippen LogP contribution < -0.4 is 0 Å². The first-order valence-electron chi connectivity index (χ1n) is 3.79. The summed E-state index contributed by atoms with van der Waals surface area (Å²) in [6.45, 7) is 0. The molecule has 0 fully saturated rings. The Kier molecular flexibility index (Phi) is 4.64. The lowest BCUT2D eigenvalue weighted by molar-refractivity contribution is 1.10. The quantitative estimate of drug-likeness (QED) is 0.582. The lowest BCUT2D eigenvalue weighted by atomic mass is 10.5. The van der Waals surface area contributed by atoms with Gasteiger partial charge in [0.15, 0.2) is 5.65 Å². The molecule has 0 radical (unpaired) electrons. The number of hydrogen-bond acceptors (Lipinski definition) is 3. The van der Waals surface area contributed by atoms with E-state index in [2.05, 4.69) is 22.8 Å². The van der Waals surface area contributed by atoms with Crippen molar-refractivity contribution >= 4 is 29.9 Å². The summed E-state index contributed by atoms with van der Waals surface area (Å²) in [7, 11) is 0. The summed E-state index contributed by atoms with van der Waals surface area (Å²) < 4.78 is 1.86. The number of nitrogens with zero attached hydrogens (tertiary/aromatic N) is 3. The standard InChI is InChI=1S/C6H5N3.C2H5ClS/c1-2-4-9-5-7-8-6(9)3-1;3-1-2-4/h1-5H;4H,1-2H2. The maximum absolute atomic E-state index is 5.11. The first-order valence-corrected chi connectivity index (χ1v) is 4.96. The molecule has 0 aliphatic carbocycles. The smallest absolute Gasteiger partial charge is 0.160 e. The zero-order valence-electron chi connectivity index (χ0n) is 6.97. The van der Waals surface area contributed by atoms with Crippen LogP contribution in [0, 0.1) is 0 Å². The fraction of sp³-hybridized carbons (Fsp3) is 0.250. The maximum atomic E-state index is 5.11. The molecule has 2 aromatic rings. The van der Waals surface area contributed by atoms with Crippen LogP contribution in [-0.4, -0.2) is 26.2 Å². The topological polar surface area (TPSA) is 30.2 Å². The van der Waals surface area contributed by atoms with Gasteiger partial charge in [0.1, 0.15) is 6.33 Å². The molecule has 0 amide bonds. The lowest BCUT2D eigenvalue weighted by Crippen LogP contribution is -1.77. The zero-order valence-corrected chi connectivity index (χ0v) is 8.62. The monoisotopic (exact) mass is 215 g/mol. The van der Waals surface area contributed by atoms with Gasteiger partial charge in [-0.1, -0.05) is 6.07 Å². The van der Waals surface area contributed by atoms with E-state index in [9.17, 15) is 0 Å². The van der Waals surface area contributed by atoms with Gasteiger partial charge in [-0.3, -0.25) is 4.40 Å². The van der Waals surface area contributed by atoms with Gasteiger partial charge < -0.3 is 0 Å². The van der Waals surface area contributed by atoms with Gasteiger partial charge in [-0.15, -0.1) is 21.8 Å². The third-order valence-electron chi connectivity index (χ3n) is 1.29. The molecule has 0 atom stereocenters. The molecule has 2 rings (SSSR count). The summed E-state index contributed by atoms with van der Waals surface area (Å²) in [5, 5.41) is 7.55. The minimum atomic E-state index is 0.656. The van der Waals surface area contributed by atoms with Crippen LogP contribution in [0.4, 0.5) is 0 Å². The van der Waals surface area contributed by atoms with Crippen molar-refractivity contribution in [2.75, 3.05) is 11.6 Å². The molecule has 3 nitrogen and oxygen atoms in total. The fourth-order valence-corrected chi connectivity index (χ4v) is 0.770. The molecule has 70 valence electrons. The second-order valence-electron chi connectivity index (χ2n) is 2.21. The number of pyridine rings is 1. The van der Waals surface area contributed by atoms with Crippen LogP contribution in [0.15, 0.2) is 30.7 Å². The highest BCUT2D eigenvalue weighted by Gasteiger charge is 1.87. The van der Waals surface area contributed by atoms with Crippen LogP contribution >= 0.6 is 24.2 Å². The van der Waals surface area contributed by atoms with Crippen molar-refractivity contribution < 1.29 is 0 Å². The first-order chi connectivity index (χ1) is 6.38. The van der Waals surface area contributed by atoms with E-state index in [0.717, 1.165) is 11.4 Å². The predicted molar refractivity (Wildman–Crippen MR) is 57.6 cm³/mol.